The van der Waals surface area contributed by atoms with Gasteiger partial charge in [0.1, 0.15) is 0 Å². The van der Waals surface area contributed by atoms with Crippen LogP contribution in [0.3, 0.4) is 0 Å². The Morgan fingerprint density at radius 3 is 2.59 bits per heavy atom. The second-order valence-electron chi connectivity index (χ2n) is 4.24. The van der Waals surface area contributed by atoms with Gasteiger partial charge in [-0.25, -0.2) is 0 Å². The van der Waals surface area contributed by atoms with E-state index in [0.717, 1.165) is 23.1 Å². The van der Waals surface area contributed by atoms with Gasteiger partial charge < -0.3 is 0 Å². The molecule has 0 atom stereocenters. The Kier molecular flexibility index (Phi) is 2.37. The maximum absolute atomic E-state index is 11.9. The summed E-state index contributed by atoms with van der Waals surface area (Å²) in [4.78, 5) is 11.9. The second kappa shape index (κ2) is 4.02. The van der Waals surface area contributed by atoms with Crippen molar-refractivity contribution in [1.29, 1.82) is 0 Å². The van der Waals surface area contributed by atoms with Crippen LogP contribution in [0.2, 0.25) is 0 Å². The molecule has 0 aromatic heterocycles. The molecule has 1 aromatic carbocycles. The molecular formula is C16H12O. The summed E-state index contributed by atoms with van der Waals surface area (Å²) in [5, 5.41) is 0. The van der Waals surface area contributed by atoms with Gasteiger partial charge in [0.15, 0.2) is 5.78 Å². The van der Waals surface area contributed by atoms with Crippen molar-refractivity contribution in [3.05, 3.63) is 83.0 Å². The average Bonchev–Trinajstić information content (AvgIpc) is 2.75. The number of hydrogen-bond donors (Lipinski definition) is 0. The van der Waals surface area contributed by atoms with Crippen molar-refractivity contribution in [2.75, 3.05) is 0 Å². The van der Waals surface area contributed by atoms with Crippen molar-refractivity contribution in [3.8, 4) is 0 Å². The van der Waals surface area contributed by atoms with Gasteiger partial charge in [0.2, 0.25) is 0 Å². The Morgan fingerprint density at radius 2 is 1.76 bits per heavy atom. The average molecular weight is 220 g/mol. The van der Waals surface area contributed by atoms with Crippen molar-refractivity contribution in [2.24, 2.45) is 0 Å². The Bertz CT molecular complexity index is 583. The molecule has 0 N–H and O–H groups in total. The largest absolute Gasteiger partial charge is 0.289 e. The lowest BCUT2D eigenvalue weighted by molar-refractivity contribution is -0.111. The first kappa shape index (κ1) is 10.0. The SMILES string of the molecule is O=C1C=CC=C2C=CC(Cc3ccccc3)=C12. The standard InChI is InChI=1S/C16H12O/c17-15-8-4-7-13-9-10-14(16(13)15)11-12-5-2-1-3-6-12/h1-10H,11H2. The number of carbonyl (C=O) groups excluding carboxylic acids is 1. The fourth-order valence-corrected chi connectivity index (χ4v) is 2.27. The highest BCUT2D eigenvalue weighted by Gasteiger charge is 2.21. The van der Waals surface area contributed by atoms with E-state index < -0.39 is 0 Å². The molecule has 0 radical (unpaired) electrons. The van der Waals surface area contributed by atoms with Crippen LogP contribution in [-0.4, -0.2) is 5.78 Å². The third-order valence-electron chi connectivity index (χ3n) is 3.08. The van der Waals surface area contributed by atoms with Crippen LogP contribution < -0.4 is 0 Å². The van der Waals surface area contributed by atoms with Crippen molar-refractivity contribution in [2.45, 2.75) is 6.42 Å². The van der Waals surface area contributed by atoms with Crippen LogP contribution in [0.1, 0.15) is 5.56 Å². The number of fused-ring (bicyclic) bond motifs is 1. The molecule has 0 unspecified atom stereocenters. The number of ketones is 1. The van der Waals surface area contributed by atoms with E-state index in [1.165, 1.54) is 5.56 Å². The van der Waals surface area contributed by atoms with Gasteiger partial charge in [-0.2, -0.15) is 0 Å². The number of benzene rings is 1. The van der Waals surface area contributed by atoms with Crippen LogP contribution in [-0.2, 0) is 11.2 Å². The van der Waals surface area contributed by atoms with Gasteiger partial charge in [-0.05, 0) is 29.2 Å². The molecule has 0 amide bonds. The monoisotopic (exact) mass is 220 g/mol. The highest BCUT2D eigenvalue weighted by molar-refractivity contribution is 6.11. The molecule has 1 aromatic rings. The van der Waals surface area contributed by atoms with Gasteiger partial charge >= 0.3 is 0 Å². The number of rotatable bonds is 2. The number of carbonyl (C=O) groups is 1. The topological polar surface area (TPSA) is 17.1 Å². The van der Waals surface area contributed by atoms with E-state index in [-0.39, 0.29) is 5.78 Å². The van der Waals surface area contributed by atoms with Gasteiger partial charge in [0, 0.05) is 5.57 Å². The number of hydrogen-bond acceptors (Lipinski definition) is 1. The lowest BCUT2D eigenvalue weighted by atomic mass is 9.94. The summed E-state index contributed by atoms with van der Waals surface area (Å²) in [5.41, 5.74) is 4.28. The van der Waals surface area contributed by atoms with Crippen molar-refractivity contribution in [3.63, 3.8) is 0 Å². The zero-order valence-corrected chi connectivity index (χ0v) is 9.39. The summed E-state index contributed by atoms with van der Waals surface area (Å²) >= 11 is 0. The predicted octanol–water partition coefficient (Wildman–Crippen LogP) is 3.16. The van der Waals surface area contributed by atoms with Crippen LogP contribution in [0.15, 0.2) is 77.4 Å². The molecule has 17 heavy (non-hydrogen) atoms. The van der Waals surface area contributed by atoms with Gasteiger partial charge in [-0.1, -0.05) is 54.6 Å². The predicted molar refractivity (Wildman–Crippen MR) is 68.5 cm³/mol. The molecule has 0 heterocycles. The first-order valence-electron chi connectivity index (χ1n) is 5.73. The maximum atomic E-state index is 11.9. The molecule has 2 aliphatic rings. The van der Waals surface area contributed by atoms with Gasteiger partial charge in [-0.15, -0.1) is 0 Å². The Labute approximate surface area is 100 Å². The van der Waals surface area contributed by atoms with E-state index in [2.05, 4.69) is 18.2 Å². The highest BCUT2D eigenvalue weighted by atomic mass is 16.1. The first-order valence-corrected chi connectivity index (χ1v) is 5.73. The molecule has 0 saturated carbocycles. The summed E-state index contributed by atoms with van der Waals surface area (Å²) in [5.74, 6) is 0.124. The molecule has 0 saturated heterocycles. The minimum atomic E-state index is 0.124. The minimum absolute atomic E-state index is 0.124. The van der Waals surface area contributed by atoms with E-state index in [1.54, 1.807) is 6.08 Å². The maximum Gasteiger partial charge on any atom is 0.186 e. The van der Waals surface area contributed by atoms with Crippen molar-refractivity contribution >= 4 is 5.78 Å². The first-order chi connectivity index (χ1) is 8.34. The van der Waals surface area contributed by atoms with Gasteiger partial charge in [-0.3, -0.25) is 4.79 Å². The molecule has 1 nitrogen and oxygen atoms in total. The fraction of sp³-hybridized carbons (Fsp3) is 0.0625. The Hall–Kier alpha value is -2.15. The summed E-state index contributed by atoms with van der Waals surface area (Å²) in [6, 6.07) is 10.2. The summed E-state index contributed by atoms with van der Waals surface area (Å²) < 4.78 is 0. The van der Waals surface area contributed by atoms with E-state index in [0.29, 0.717) is 0 Å². The molecule has 0 bridgehead atoms. The molecule has 3 rings (SSSR count). The van der Waals surface area contributed by atoms with Crippen LogP contribution in [0.4, 0.5) is 0 Å². The van der Waals surface area contributed by atoms with Gasteiger partial charge in [0.25, 0.3) is 0 Å². The third-order valence-corrected chi connectivity index (χ3v) is 3.08. The highest BCUT2D eigenvalue weighted by Crippen LogP contribution is 2.30. The zero-order chi connectivity index (χ0) is 11.7. The zero-order valence-electron chi connectivity index (χ0n) is 9.39. The molecular weight excluding hydrogens is 208 g/mol. The molecule has 0 fully saturated rings. The lowest BCUT2D eigenvalue weighted by Gasteiger charge is -2.08. The molecule has 0 spiro atoms. The van der Waals surface area contributed by atoms with E-state index in [9.17, 15) is 4.79 Å². The summed E-state index contributed by atoms with van der Waals surface area (Å²) in [6.07, 6.45) is 10.3. The quantitative estimate of drug-likeness (QED) is 0.748. The molecule has 0 aliphatic heterocycles. The van der Waals surface area contributed by atoms with Crippen LogP contribution in [0, 0.1) is 0 Å². The van der Waals surface area contributed by atoms with Crippen molar-refractivity contribution in [1.82, 2.24) is 0 Å². The second-order valence-corrected chi connectivity index (χ2v) is 4.24. The van der Waals surface area contributed by atoms with E-state index >= 15 is 0 Å². The molecule has 82 valence electrons. The fourth-order valence-electron chi connectivity index (χ4n) is 2.27. The smallest absolute Gasteiger partial charge is 0.186 e. The van der Waals surface area contributed by atoms with Crippen molar-refractivity contribution < 1.29 is 4.79 Å². The molecule has 2 aliphatic carbocycles. The number of allylic oxidation sites excluding steroid dienone is 8. The lowest BCUT2D eigenvalue weighted by Crippen LogP contribution is -2.05. The minimum Gasteiger partial charge on any atom is -0.289 e. The Morgan fingerprint density at radius 1 is 0.941 bits per heavy atom. The molecule has 1 heteroatoms. The van der Waals surface area contributed by atoms with Crippen LogP contribution in [0.25, 0.3) is 0 Å². The van der Waals surface area contributed by atoms with E-state index in [4.69, 9.17) is 0 Å². The normalized spacial score (nSPS) is 17.4. The van der Waals surface area contributed by atoms with Crippen LogP contribution in [0.5, 0.6) is 0 Å². The summed E-state index contributed by atoms with van der Waals surface area (Å²) in [6.45, 7) is 0. The van der Waals surface area contributed by atoms with E-state index in [1.807, 2.05) is 36.4 Å². The van der Waals surface area contributed by atoms with Gasteiger partial charge in [0.05, 0.1) is 0 Å². The van der Waals surface area contributed by atoms with Crippen LogP contribution >= 0.6 is 0 Å². The summed E-state index contributed by atoms with van der Waals surface area (Å²) in [7, 11) is 0. The third kappa shape index (κ3) is 1.80. The Balaban J connectivity index is 1.97.